The maximum Gasteiger partial charge on any atom is 0.296 e. The van der Waals surface area contributed by atoms with Crippen LogP contribution in [-0.4, -0.2) is 27.0 Å². The van der Waals surface area contributed by atoms with Gasteiger partial charge in [-0.05, 0) is 41.5 Å². The summed E-state index contributed by atoms with van der Waals surface area (Å²) in [6.07, 6.45) is 1.36. The lowest BCUT2D eigenvalue weighted by atomic mass is 9.95. The Morgan fingerprint density at radius 3 is 2.74 bits per heavy atom. The number of halogens is 2. The highest BCUT2D eigenvalue weighted by Crippen LogP contribution is 2.44. The number of ketones is 1. The fraction of sp³-hybridized carbons (Fsp3) is 0.0833. The molecule has 1 unspecified atom stereocenters. The van der Waals surface area contributed by atoms with Gasteiger partial charge < -0.3 is 9.52 Å². The van der Waals surface area contributed by atoms with E-state index in [1.54, 1.807) is 24.3 Å². The molecule has 1 N–H and O–H groups in total. The van der Waals surface area contributed by atoms with E-state index in [9.17, 15) is 14.7 Å². The van der Waals surface area contributed by atoms with Gasteiger partial charge in [-0.3, -0.25) is 14.5 Å². The number of carbonyl (C=O) groups excluding carboxylic acids is 2. The van der Waals surface area contributed by atoms with Crippen LogP contribution in [0.4, 0.5) is 5.13 Å². The minimum atomic E-state index is -0.910. The zero-order valence-electron chi connectivity index (χ0n) is 17.7. The molecule has 2 aromatic heterocycles. The number of anilines is 1. The summed E-state index contributed by atoms with van der Waals surface area (Å²) < 4.78 is 6.63. The van der Waals surface area contributed by atoms with Crippen molar-refractivity contribution in [1.82, 2.24) is 10.2 Å². The van der Waals surface area contributed by atoms with Crippen LogP contribution in [0.1, 0.15) is 27.7 Å². The van der Waals surface area contributed by atoms with Crippen molar-refractivity contribution in [3.8, 4) is 0 Å². The summed E-state index contributed by atoms with van der Waals surface area (Å²) in [5, 5.41) is 20.1. The van der Waals surface area contributed by atoms with Crippen LogP contribution in [-0.2, 0) is 10.5 Å². The molecule has 7 nitrogen and oxygen atoms in total. The predicted octanol–water partition coefficient (Wildman–Crippen LogP) is 6.62. The molecule has 5 rings (SSSR count). The average Bonchev–Trinajstić information content (AvgIpc) is 3.59. The van der Waals surface area contributed by atoms with Crippen molar-refractivity contribution >= 4 is 67.5 Å². The van der Waals surface area contributed by atoms with Crippen molar-refractivity contribution in [2.24, 2.45) is 0 Å². The third kappa shape index (κ3) is 4.66. The molecule has 35 heavy (non-hydrogen) atoms. The standard InChI is InChI=1S/C24H15BrClN3O4S2/c25-15-7-3-6-13(11-15)19-18(20(30)17-9-4-10-33-17)21(31)22(32)29(19)23-27-28-24(35-23)34-12-14-5-1-2-8-16(14)26/h1-11,19,31H,12H2. The summed E-state index contributed by atoms with van der Waals surface area (Å²) in [6, 6.07) is 16.8. The second-order valence-corrected chi connectivity index (χ2v) is 10.9. The average molecular weight is 589 g/mol. The van der Waals surface area contributed by atoms with Crippen LogP contribution >= 0.6 is 50.6 Å². The Balaban J connectivity index is 1.50. The molecule has 0 fully saturated rings. The fourth-order valence-electron chi connectivity index (χ4n) is 3.68. The number of rotatable bonds is 7. The molecule has 4 aromatic rings. The van der Waals surface area contributed by atoms with Crippen molar-refractivity contribution in [3.63, 3.8) is 0 Å². The Labute approximate surface area is 221 Å². The number of amides is 1. The van der Waals surface area contributed by atoms with Crippen LogP contribution in [0.25, 0.3) is 0 Å². The number of aliphatic hydroxyl groups excluding tert-OH is 1. The Kier molecular flexibility index (Phi) is 6.79. The largest absolute Gasteiger partial charge is 0.503 e. The zero-order valence-corrected chi connectivity index (χ0v) is 21.7. The van der Waals surface area contributed by atoms with Crippen molar-refractivity contribution in [2.75, 3.05) is 4.90 Å². The third-order valence-electron chi connectivity index (χ3n) is 5.27. The van der Waals surface area contributed by atoms with Gasteiger partial charge in [0.25, 0.3) is 5.91 Å². The van der Waals surface area contributed by atoms with Crippen LogP contribution in [0.3, 0.4) is 0 Å². The van der Waals surface area contributed by atoms with Crippen molar-refractivity contribution in [2.45, 2.75) is 16.1 Å². The number of Topliss-reactive ketones (excluding diaryl/α,β-unsaturated/α-hetero) is 1. The topological polar surface area (TPSA) is 96.5 Å². The normalized spacial score (nSPS) is 15.8. The number of benzene rings is 2. The fourth-order valence-corrected chi connectivity index (χ4v) is 6.25. The summed E-state index contributed by atoms with van der Waals surface area (Å²) in [7, 11) is 0. The summed E-state index contributed by atoms with van der Waals surface area (Å²) in [6.45, 7) is 0. The number of hydrogen-bond donors (Lipinski definition) is 1. The highest BCUT2D eigenvalue weighted by molar-refractivity contribution is 9.10. The van der Waals surface area contributed by atoms with Gasteiger partial charge in [0, 0.05) is 15.2 Å². The lowest BCUT2D eigenvalue weighted by molar-refractivity contribution is -0.117. The van der Waals surface area contributed by atoms with E-state index in [1.807, 2.05) is 30.3 Å². The molecule has 0 saturated heterocycles. The number of hydrogen-bond acceptors (Lipinski definition) is 8. The summed E-state index contributed by atoms with van der Waals surface area (Å²) in [4.78, 5) is 27.8. The number of furan rings is 1. The second-order valence-electron chi connectivity index (χ2n) is 7.43. The van der Waals surface area contributed by atoms with E-state index in [2.05, 4.69) is 26.1 Å². The molecule has 176 valence electrons. The van der Waals surface area contributed by atoms with Crippen LogP contribution < -0.4 is 4.90 Å². The van der Waals surface area contributed by atoms with Gasteiger partial charge in [-0.15, -0.1) is 10.2 Å². The van der Waals surface area contributed by atoms with Gasteiger partial charge in [0.1, 0.15) is 0 Å². The molecule has 0 aliphatic carbocycles. The van der Waals surface area contributed by atoms with E-state index < -0.39 is 23.5 Å². The minimum absolute atomic E-state index is 0.0226. The molecule has 2 aromatic carbocycles. The summed E-state index contributed by atoms with van der Waals surface area (Å²) >= 11 is 12.3. The smallest absolute Gasteiger partial charge is 0.296 e. The molecule has 3 heterocycles. The first kappa shape index (κ1) is 23.8. The zero-order chi connectivity index (χ0) is 24.5. The number of carbonyl (C=O) groups is 2. The van der Waals surface area contributed by atoms with Gasteiger partial charge in [0.15, 0.2) is 15.9 Å². The van der Waals surface area contributed by atoms with E-state index in [1.165, 1.54) is 40.3 Å². The monoisotopic (exact) mass is 587 g/mol. The molecule has 1 amide bonds. The van der Waals surface area contributed by atoms with Gasteiger partial charge in [-0.1, -0.05) is 81.0 Å². The molecular weight excluding hydrogens is 574 g/mol. The molecule has 0 bridgehead atoms. The lowest BCUT2D eigenvalue weighted by Crippen LogP contribution is -2.31. The maximum absolute atomic E-state index is 13.3. The molecule has 1 aliphatic heterocycles. The van der Waals surface area contributed by atoms with Gasteiger partial charge >= 0.3 is 0 Å². The number of thioether (sulfide) groups is 1. The van der Waals surface area contributed by atoms with Crippen LogP contribution in [0.2, 0.25) is 5.02 Å². The minimum Gasteiger partial charge on any atom is -0.503 e. The van der Waals surface area contributed by atoms with Crippen molar-refractivity contribution < 1.29 is 19.1 Å². The summed E-state index contributed by atoms with van der Waals surface area (Å²) in [5.41, 5.74) is 1.49. The van der Waals surface area contributed by atoms with Gasteiger partial charge in [-0.2, -0.15) is 0 Å². The van der Waals surface area contributed by atoms with E-state index in [0.29, 0.717) is 20.7 Å². The SMILES string of the molecule is O=C(C1=C(O)C(=O)N(c2nnc(SCc3ccccc3Cl)s2)C1c1cccc(Br)c1)c1ccco1. The summed E-state index contributed by atoms with van der Waals surface area (Å²) in [5.74, 6) is -1.36. The first-order chi connectivity index (χ1) is 16.9. The molecule has 1 atom stereocenters. The number of nitrogens with zero attached hydrogens (tertiary/aromatic N) is 3. The van der Waals surface area contributed by atoms with Crippen LogP contribution in [0, 0.1) is 0 Å². The highest BCUT2D eigenvalue weighted by atomic mass is 79.9. The van der Waals surface area contributed by atoms with Gasteiger partial charge in [0.05, 0.1) is 17.9 Å². The quantitative estimate of drug-likeness (QED) is 0.147. The van der Waals surface area contributed by atoms with E-state index in [-0.39, 0.29) is 16.5 Å². The Hall–Kier alpha value is -2.92. The maximum atomic E-state index is 13.3. The Bertz CT molecular complexity index is 1450. The lowest BCUT2D eigenvalue weighted by Gasteiger charge is -2.24. The molecule has 0 saturated carbocycles. The number of aromatic nitrogens is 2. The van der Waals surface area contributed by atoms with Gasteiger partial charge in [-0.25, -0.2) is 0 Å². The Morgan fingerprint density at radius 2 is 2.00 bits per heavy atom. The second kappa shape index (κ2) is 9.98. The molecule has 0 spiro atoms. The first-order valence-electron chi connectivity index (χ1n) is 10.2. The Morgan fingerprint density at radius 1 is 1.17 bits per heavy atom. The van der Waals surface area contributed by atoms with Crippen LogP contribution in [0.15, 0.2) is 91.5 Å². The number of aliphatic hydroxyl groups is 1. The van der Waals surface area contributed by atoms with E-state index in [0.717, 1.165) is 10.0 Å². The van der Waals surface area contributed by atoms with Gasteiger partial charge in [0.2, 0.25) is 10.9 Å². The molecule has 11 heteroatoms. The molecule has 1 aliphatic rings. The first-order valence-corrected chi connectivity index (χ1v) is 13.2. The molecule has 0 radical (unpaired) electrons. The van der Waals surface area contributed by atoms with Crippen LogP contribution in [0.5, 0.6) is 0 Å². The van der Waals surface area contributed by atoms with E-state index in [4.69, 9.17) is 16.0 Å². The van der Waals surface area contributed by atoms with Crippen molar-refractivity contribution in [3.05, 3.63) is 105 Å². The van der Waals surface area contributed by atoms with E-state index >= 15 is 0 Å². The predicted molar refractivity (Wildman–Crippen MR) is 138 cm³/mol. The highest BCUT2D eigenvalue weighted by Gasteiger charge is 2.46. The van der Waals surface area contributed by atoms with Crippen molar-refractivity contribution in [1.29, 1.82) is 0 Å². The third-order valence-corrected chi connectivity index (χ3v) is 8.24. The molecular formula is C24H15BrClN3O4S2.